The molecule has 0 bridgehead atoms. The summed E-state index contributed by atoms with van der Waals surface area (Å²) in [7, 11) is 0. The van der Waals surface area contributed by atoms with Gasteiger partial charge in [0.25, 0.3) is 0 Å². The van der Waals surface area contributed by atoms with Gasteiger partial charge in [0.1, 0.15) is 0 Å². The van der Waals surface area contributed by atoms with Crippen LogP contribution in [0.1, 0.15) is 51.0 Å². The van der Waals surface area contributed by atoms with Crippen LogP contribution in [0.2, 0.25) is 0 Å². The number of unbranched alkanes of at least 4 members (excludes halogenated alkanes) is 5. The third kappa shape index (κ3) is 3.27. The van der Waals surface area contributed by atoms with Gasteiger partial charge in [0.15, 0.2) is 0 Å². The summed E-state index contributed by atoms with van der Waals surface area (Å²) >= 11 is 0. The van der Waals surface area contributed by atoms with Crippen LogP contribution >= 0.6 is 0 Å². The van der Waals surface area contributed by atoms with Gasteiger partial charge in [-0.25, -0.2) is 0 Å². The summed E-state index contributed by atoms with van der Waals surface area (Å²) < 4.78 is 2.46. The van der Waals surface area contributed by atoms with E-state index in [2.05, 4.69) is 59.9 Å². The molecule has 0 radical (unpaired) electrons. The molecule has 1 heterocycles. The number of terminal acetylenes is 1. The minimum atomic E-state index is 0.958. The average molecular weight is 303 g/mol. The average Bonchev–Trinajstić information content (AvgIpc) is 2.91. The van der Waals surface area contributed by atoms with Crippen molar-refractivity contribution >= 4 is 21.8 Å². The maximum Gasteiger partial charge on any atom is 0.0492 e. The van der Waals surface area contributed by atoms with Gasteiger partial charge >= 0.3 is 0 Å². The molecular formula is C22H25N. The second kappa shape index (κ2) is 7.38. The largest absolute Gasteiger partial charge is 0.340 e. The van der Waals surface area contributed by atoms with E-state index in [-0.39, 0.29) is 0 Å². The molecule has 1 nitrogen and oxygen atoms in total. The van der Waals surface area contributed by atoms with Gasteiger partial charge in [-0.05, 0) is 30.7 Å². The van der Waals surface area contributed by atoms with Crippen molar-refractivity contribution in [2.45, 2.75) is 52.0 Å². The van der Waals surface area contributed by atoms with Crippen LogP contribution in [0.25, 0.3) is 21.8 Å². The Hall–Kier alpha value is -2.20. The molecule has 0 aliphatic heterocycles. The second-order valence-corrected chi connectivity index (χ2v) is 6.31. The maximum absolute atomic E-state index is 5.57. The van der Waals surface area contributed by atoms with Gasteiger partial charge in [-0.2, -0.15) is 0 Å². The van der Waals surface area contributed by atoms with E-state index < -0.39 is 0 Å². The Kier molecular flexibility index (Phi) is 5.03. The molecule has 0 saturated heterocycles. The predicted octanol–water partition coefficient (Wildman–Crippen LogP) is 6.14. The fourth-order valence-corrected chi connectivity index (χ4v) is 3.43. The van der Waals surface area contributed by atoms with Crippen molar-refractivity contribution in [2.24, 2.45) is 0 Å². The summed E-state index contributed by atoms with van der Waals surface area (Å²) in [6.07, 6.45) is 13.5. The Bertz CT molecular complexity index is 832. The minimum Gasteiger partial charge on any atom is -0.340 e. The van der Waals surface area contributed by atoms with E-state index in [9.17, 15) is 0 Å². The number of para-hydroxylation sites is 1. The predicted molar refractivity (Wildman–Crippen MR) is 101 cm³/mol. The van der Waals surface area contributed by atoms with Crippen LogP contribution in [0.15, 0.2) is 42.5 Å². The molecule has 1 aromatic heterocycles. The van der Waals surface area contributed by atoms with E-state index in [4.69, 9.17) is 6.42 Å². The molecule has 118 valence electrons. The molecule has 0 unspecified atom stereocenters. The van der Waals surface area contributed by atoms with Gasteiger partial charge in [-0.15, -0.1) is 6.42 Å². The van der Waals surface area contributed by atoms with Crippen molar-refractivity contribution in [3.8, 4) is 12.3 Å². The quantitative estimate of drug-likeness (QED) is 0.365. The first-order valence-electron chi connectivity index (χ1n) is 8.82. The molecule has 1 heteroatoms. The number of benzene rings is 2. The van der Waals surface area contributed by atoms with Crippen LogP contribution in [-0.2, 0) is 6.54 Å². The van der Waals surface area contributed by atoms with Gasteiger partial charge in [-0.3, -0.25) is 0 Å². The Morgan fingerprint density at radius 2 is 1.61 bits per heavy atom. The highest BCUT2D eigenvalue weighted by Crippen LogP contribution is 2.30. The van der Waals surface area contributed by atoms with E-state index in [0.717, 1.165) is 12.1 Å². The van der Waals surface area contributed by atoms with Crippen LogP contribution in [0, 0.1) is 12.3 Å². The first-order valence-corrected chi connectivity index (χ1v) is 8.82. The third-order valence-electron chi connectivity index (χ3n) is 4.67. The molecule has 0 aliphatic rings. The molecule has 0 saturated carbocycles. The Morgan fingerprint density at radius 3 is 2.43 bits per heavy atom. The van der Waals surface area contributed by atoms with Crippen molar-refractivity contribution in [1.29, 1.82) is 0 Å². The van der Waals surface area contributed by atoms with Crippen LogP contribution in [0.3, 0.4) is 0 Å². The van der Waals surface area contributed by atoms with Crippen molar-refractivity contribution in [1.82, 2.24) is 4.57 Å². The number of hydrogen-bond donors (Lipinski definition) is 0. The lowest BCUT2D eigenvalue weighted by Crippen LogP contribution is -1.97. The van der Waals surface area contributed by atoms with Gasteiger partial charge in [0, 0.05) is 33.9 Å². The summed E-state index contributed by atoms with van der Waals surface area (Å²) in [6.45, 7) is 3.36. The van der Waals surface area contributed by atoms with E-state index in [1.807, 2.05) is 0 Å². The van der Waals surface area contributed by atoms with Crippen molar-refractivity contribution < 1.29 is 0 Å². The number of hydrogen-bond acceptors (Lipinski definition) is 0. The SMILES string of the molecule is C#Cc1ccc2c(c1)c1ccccc1n2CCCCCCCC. The number of nitrogens with zero attached hydrogens (tertiary/aromatic N) is 1. The zero-order valence-corrected chi connectivity index (χ0v) is 14.0. The lowest BCUT2D eigenvalue weighted by atomic mass is 10.1. The molecular weight excluding hydrogens is 278 g/mol. The zero-order chi connectivity index (χ0) is 16.1. The van der Waals surface area contributed by atoms with Crippen LogP contribution < -0.4 is 0 Å². The topological polar surface area (TPSA) is 4.93 Å². The molecule has 23 heavy (non-hydrogen) atoms. The minimum absolute atomic E-state index is 0.958. The lowest BCUT2D eigenvalue weighted by Gasteiger charge is -2.07. The third-order valence-corrected chi connectivity index (χ3v) is 4.67. The van der Waals surface area contributed by atoms with Crippen LogP contribution in [0.5, 0.6) is 0 Å². The highest BCUT2D eigenvalue weighted by Gasteiger charge is 2.10. The number of aromatic nitrogens is 1. The molecule has 0 atom stereocenters. The van der Waals surface area contributed by atoms with Crippen LogP contribution in [-0.4, -0.2) is 4.57 Å². The summed E-state index contributed by atoms with van der Waals surface area (Å²) in [4.78, 5) is 0. The van der Waals surface area contributed by atoms with Gasteiger partial charge in [0.2, 0.25) is 0 Å². The lowest BCUT2D eigenvalue weighted by molar-refractivity contribution is 0.571. The summed E-state index contributed by atoms with van der Waals surface area (Å²) in [5.41, 5.74) is 3.59. The van der Waals surface area contributed by atoms with Crippen LogP contribution in [0.4, 0.5) is 0 Å². The smallest absolute Gasteiger partial charge is 0.0492 e. The standard InChI is InChI=1S/C22H25N/c1-3-5-6-7-8-11-16-23-21-13-10-9-12-19(21)20-17-18(4-2)14-15-22(20)23/h2,9-10,12-15,17H,3,5-8,11,16H2,1H3. The van der Waals surface area contributed by atoms with Crippen molar-refractivity contribution in [3.63, 3.8) is 0 Å². The summed E-state index contributed by atoms with van der Waals surface area (Å²) in [5, 5.41) is 2.59. The molecule has 0 fully saturated rings. The molecule has 0 amide bonds. The highest BCUT2D eigenvalue weighted by atomic mass is 15.0. The highest BCUT2D eigenvalue weighted by molar-refractivity contribution is 6.08. The molecule has 0 aliphatic carbocycles. The number of aryl methyl sites for hydroxylation is 1. The van der Waals surface area contributed by atoms with E-state index in [1.54, 1.807) is 0 Å². The summed E-state index contributed by atoms with van der Waals surface area (Å²) in [5.74, 6) is 2.76. The van der Waals surface area contributed by atoms with Gasteiger partial charge in [0.05, 0.1) is 0 Å². The second-order valence-electron chi connectivity index (χ2n) is 6.31. The van der Waals surface area contributed by atoms with Crippen molar-refractivity contribution in [3.05, 3.63) is 48.0 Å². The molecule has 3 aromatic rings. The van der Waals surface area contributed by atoms with E-state index in [0.29, 0.717) is 0 Å². The van der Waals surface area contributed by atoms with Crippen molar-refractivity contribution in [2.75, 3.05) is 0 Å². The molecule has 3 rings (SSSR count). The first-order chi connectivity index (χ1) is 11.3. The number of rotatable bonds is 7. The molecule has 0 spiro atoms. The fourth-order valence-electron chi connectivity index (χ4n) is 3.43. The monoisotopic (exact) mass is 303 g/mol. The molecule has 2 aromatic carbocycles. The Balaban J connectivity index is 1.87. The Morgan fingerprint density at radius 1 is 0.870 bits per heavy atom. The maximum atomic E-state index is 5.57. The fraction of sp³-hybridized carbons (Fsp3) is 0.364. The number of fused-ring (bicyclic) bond motifs is 3. The summed E-state index contributed by atoms with van der Waals surface area (Å²) in [6, 6.07) is 15.0. The first kappa shape index (κ1) is 15.7. The Labute approximate surface area is 139 Å². The van der Waals surface area contributed by atoms with E-state index in [1.165, 1.54) is 60.3 Å². The zero-order valence-electron chi connectivity index (χ0n) is 14.0. The van der Waals surface area contributed by atoms with E-state index >= 15 is 0 Å². The van der Waals surface area contributed by atoms with Gasteiger partial charge in [-0.1, -0.05) is 63.1 Å². The normalized spacial score (nSPS) is 11.1. The molecule has 0 N–H and O–H groups in total. The van der Waals surface area contributed by atoms with Gasteiger partial charge < -0.3 is 4.57 Å².